The number of nitrogens with zero attached hydrogens (tertiary/aromatic N) is 2. The third-order valence-electron chi connectivity index (χ3n) is 6.80. The molecule has 0 unspecified atom stereocenters. The molecule has 1 aliphatic rings. The van der Waals surface area contributed by atoms with Crippen molar-refractivity contribution in [3.63, 3.8) is 0 Å². The fourth-order valence-electron chi connectivity index (χ4n) is 4.72. The first-order valence-corrected chi connectivity index (χ1v) is 14.3. The molecule has 0 fully saturated rings. The van der Waals surface area contributed by atoms with Crippen LogP contribution in [0.25, 0.3) is 0 Å². The Kier molecular flexibility index (Phi) is 9.26. The second-order valence-electron chi connectivity index (χ2n) is 9.14. The molecule has 3 aromatic rings. The summed E-state index contributed by atoms with van der Waals surface area (Å²) in [6.45, 7) is 1.67. The minimum Gasteiger partial charge on any atom is -0.497 e. The van der Waals surface area contributed by atoms with Gasteiger partial charge < -0.3 is 29.2 Å². The molecule has 214 valence electrons. The average molecular weight is 570 g/mol. The highest BCUT2D eigenvalue weighted by Gasteiger charge is 2.31. The highest BCUT2D eigenvalue weighted by atomic mass is 32.2. The number of anilines is 2. The summed E-state index contributed by atoms with van der Waals surface area (Å²) in [6.07, 6.45) is 1.72. The first-order chi connectivity index (χ1) is 19.3. The van der Waals surface area contributed by atoms with Crippen molar-refractivity contribution in [3.05, 3.63) is 66.2 Å². The number of amides is 1. The first kappa shape index (κ1) is 28.9. The molecular formula is C29H35N3O7S. The Bertz CT molecular complexity index is 1450. The monoisotopic (exact) mass is 569 g/mol. The van der Waals surface area contributed by atoms with Gasteiger partial charge in [-0.15, -0.1) is 0 Å². The molecule has 1 N–H and O–H groups in total. The van der Waals surface area contributed by atoms with Crippen molar-refractivity contribution < 1.29 is 32.2 Å². The Hall–Kier alpha value is -4.12. The predicted octanol–water partition coefficient (Wildman–Crippen LogP) is 3.49. The van der Waals surface area contributed by atoms with Gasteiger partial charge in [0.1, 0.15) is 18.0 Å². The number of benzene rings is 3. The summed E-state index contributed by atoms with van der Waals surface area (Å²) >= 11 is 0. The van der Waals surface area contributed by atoms with Crippen molar-refractivity contribution in [1.82, 2.24) is 5.32 Å². The average Bonchev–Trinajstić information content (AvgIpc) is 3.40. The minimum atomic E-state index is -4.25. The van der Waals surface area contributed by atoms with Crippen LogP contribution in [0.5, 0.6) is 23.0 Å². The Balaban J connectivity index is 1.54. The summed E-state index contributed by atoms with van der Waals surface area (Å²) < 4.78 is 50.3. The fraction of sp³-hybridized carbons (Fsp3) is 0.345. The third-order valence-corrected chi connectivity index (χ3v) is 8.55. The van der Waals surface area contributed by atoms with E-state index < -0.39 is 22.5 Å². The molecule has 0 atom stereocenters. The summed E-state index contributed by atoms with van der Waals surface area (Å²) in [5.41, 5.74) is 2.72. The van der Waals surface area contributed by atoms with Gasteiger partial charge in [0.25, 0.3) is 10.0 Å². The molecule has 0 radical (unpaired) electrons. The van der Waals surface area contributed by atoms with Gasteiger partial charge in [-0.3, -0.25) is 9.10 Å². The van der Waals surface area contributed by atoms with Gasteiger partial charge in [-0.2, -0.15) is 0 Å². The third kappa shape index (κ3) is 6.20. The van der Waals surface area contributed by atoms with Crippen LogP contribution in [-0.2, 0) is 21.2 Å². The summed E-state index contributed by atoms with van der Waals surface area (Å²) in [5.74, 6) is 0.857. The second-order valence-corrected chi connectivity index (χ2v) is 11.0. The normalized spacial score (nSPS) is 12.4. The number of carbonyl (C=O) groups excluding carboxylic acids is 1. The first-order valence-electron chi connectivity index (χ1n) is 12.9. The molecule has 0 saturated heterocycles. The minimum absolute atomic E-state index is 0.0736. The van der Waals surface area contributed by atoms with Gasteiger partial charge in [-0.1, -0.05) is 18.2 Å². The molecule has 0 bridgehead atoms. The topological polar surface area (TPSA) is 107 Å². The molecule has 1 amide bonds. The molecule has 11 heteroatoms. The Labute approximate surface area is 235 Å². The molecule has 0 spiro atoms. The van der Waals surface area contributed by atoms with Crippen molar-refractivity contribution in [1.29, 1.82) is 0 Å². The molecule has 3 aromatic carbocycles. The molecule has 1 aliphatic heterocycles. The maximum Gasteiger partial charge on any atom is 0.265 e. The number of fused-ring (bicyclic) bond motifs is 1. The van der Waals surface area contributed by atoms with E-state index in [1.165, 1.54) is 64.0 Å². The number of methoxy groups -OCH3 is 4. The van der Waals surface area contributed by atoms with Crippen LogP contribution in [0.1, 0.15) is 12.0 Å². The van der Waals surface area contributed by atoms with Crippen molar-refractivity contribution in [2.45, 2.75) is 17.7 Å². The highest BCUT2D eigenvalue weighted by molar-refractivity contribution is 7.92. The van der Waals surface area contributed by atoms with E-state index in [9.17, 15) is 13.2 Å². The maximum atomic E-state index is 14.0. The number of carbonyl (C=O) groups is 1. The lowest BCUT2D eigenvalue weighted by Crippen LogP contribution is -2.41. The number of para-hydroxylation sites is 1. The van der Waals surface area contributed by atoms with E-state index in [1.54, 1.807) is 12.1 Å². The Morgan fingerprint density at radius 1 is 0.900 bits per heavy atom. The maximum absolute atomic E-state index is 14.0. The van der Waals surface area contributed by atoms with Crippen LogP contribution < -0.4 is 33.5 Å². The van der Waals surface area contributed by atoms with Crippen LogP contribution in [0.2, 0.25) is 0 Å². The SMILES string of the molecule is COc1ccc(OC)c(N(CC(=O)NCCCN2CCc3ccccc32)S(=O)(=O)c2ccc(OC)c(OC)c2)c1. The van der Waals surface area contributed by atoms with Gasteiger partial charge in [-0.25, -0.2) is 8.42 Å². The van der Waals surface area contributed by atoms with Gasteiger partial charge in [0.05, 0.1) is 39.0 Å². The molecule has 0 aromatic heterocycles. The summed E-state index contributed by atoms with van der Waals surface area (Å²) in [7, 11) is 1.55. The number of hydrogen-bond acceptors (Lipinski definition) is 8. The number of ether oxygens (including phenoxy) is 4. The van der Waals surface area contributed by atoms with E-state index in [4.69, 9.17) is 18.9 Å². The van der Waals surface area contributed by atoms with Crippen LogP contribution in [-0.4, -0.2) is 68.9 Å². The number of rotatable bonds is 13. The van der Waals surface area contributed by atoms with Gasteiger partial charge in [0, 0.05) is 37.5 Å². The number of nitrogens with one attached hydrogen (secondary N) is 1. The van der Waals surface area contributed by atoms with Crippen molar-refractivity contribution >= 4 is 27.3 Å². The van der Waals surface area contributed by atoms with Crippen molar-refractivity contribution in [3.8, 4) is 23.0 Å². The molecule has 0 saturated carbocycles. The van der Waals surface area contributed by atoms with Crippen molar-refractivity contribution in [2.24, 2.45) is 0 Å². The summed E-state index contributed by atoms with van der Waals surface area (Å²) in [6, 6.07) is 17.4. The second kappa shape index (κ2) is 12.8. The van der Waals surface area contributed by atoms with Crippen LogP contribution >= 0.6 is 0 Å². The Morgan fingerprint density at radius 3 is 2.35 bits per heavy atom. The molecule has 10 nitrogen and oxygen atoms in total. The van der Waals surface area contributed by atoms with E-state index in [-0.39, 0.29) is 22.1 Å². The lowest BCUT2D eigenvalue weighted by Gasteiger charge is -2.26. The smallest absolute Gasteiger partial charge is 0.265 e. The number of sulfonamides is 1. The molecular weight excluding hydrogens is 534 g/mol. The standard InChI is InChI=1S/C29H35N3O7S/c1-36-22-10-12-26(37-2)25(18-22)32(40(34,35)23-11-13-27(38-3)28(19-23)39-4)20-29(33)30-15-7-16-31-17-14-21-8-5-6-9-24(21)31/h5-6,8-13,18-19H,7,14-17,20H2,1-4H3,(H,30,33). The highest BCUT2D eigenvalue weighted by Crippen LogP contribution is 2.37. The van der Waals surface area contributed by atoms with Gasteiger partial charge in [-0.05, 0) is 48.7 Å². The van der Waals surface area contributed by atoms with E-state index >= 15 is 0 Å². The van der Waals surface area contributed by atoms with Gasteiger partial charge >= 0.3 is 0 Å². The zero-order valence-corrected chi connectivity index (χ0v) is 24.0. The van der Waals surface area contributed by atoms with Crippen LogP contribution in [0.4, 0.5) is 11.4 Å². The van der Waals surface area contributed by atoms with E-state index in [0.29, 0.717) is 24.5 Å². The fourth-order valence-corrected chi connectivity index (χ4v) is 6.16. The number of hydrogen-bond donors (Lipinski definition) is 1. The van der Waals surface area contributed by atoms with E-state index in [2.05, 4.69) is 22.3 Å². The van der Waals surface area contributed by atoms with Crippen LogP contribution in [0, 0.1) is 0 Å². The zero-order valence-electron chi connectivity index (χ0n) is 23.2. The van der Waals surface area contributed by atoms with Crippen LogP contribution in [0.15, 0.2) is 65.6 Å². The quantitative estimate of drug-likeness (QED) is 0.312. The molecule has 40 heavy (non-hydrogen) atoms. The lowest BCUT2D eigenvalue weighted by atomic mass is 10.2. The van der Waals surface area contributed by atoms with E-state index in [0.717, 1.165) is 23.8 Å². The summed E-state index contributed by atoms with van der Waals surface area (Å²) in [5, 5.41) is 2.87. The van der Waals surface area contributed by atoms with Crippen molar-refractivity contribution in [2.75, 3.05) is 63.8 Å². The zero-order chi connectivity index (χ0) is 28.7. The predicted molar refractivity (Wildman–Crippen MR) is 154 cm³/mol. The largest absolute Gasteiger partial charge is 0.497 e. The summed E-state index contributed by atoms with van der Waals surface area (Å²) in [4.78, 5) is 15.4. The van der Waals surface area contributed by atoms with Crippen LogP contribution in [0.3, 0.4) is 0 Å². The van der Waals surface area contributed by atoms with Gasteiger partial charge in [0.15, 0.2) is 11.5 Å². The lowest BCUT2D eigenvalue weighted by molar-refractivity contribution is -0.119. The van der Waals surface area contributed by atoms with E-state index in [1.807, 2.05) is 12.1 Å². The molecule has 0 aliphatic carbocycles. The molecule has 4 rings (SSSR count). The Morgan fingerprint density at radius 2 is 1.62 bits per heavy atom. The molecule has 1 heterocycles. The van der Waals surface area contributed by atoms with Gasteiger partial charge in [0.2, 0.25) is 5.91 Å².